The van der Waals surface area contributed by atoms with Crippen LogP contribution in [0.4, 0.5) is 5.69 Å². The van der Waals surface area contributed by atoms with Crippen molar-refractivity contribution >= 4 is 43.2 Å². The molecule has 0 fully saturated rings. The third kappa shape index (κ3) is 5.85. The summed E-state index contributed by atoms with van der Waals surface area (Å²) in [4.78, 5) is 18.1. The zero-order valence-electron chi connectivity index (χ0n) is 20.6. The summed E-state index contributed by atoms with van der Waals surface area (Å²) in [7, 11) is -0.566. The highest BCUT2D eigenvalue weighted by Crippen LogP contribution is 2.35. The van der Waals surface area contributed by atoms with E-state index in [1.165, 1.54) is 47.7 Å². The molecule has 0 bridgehead atoms. The monoisotopic (exact) mass is 541 g/mol. The summed E-state index contributed by atoms with van der Waals surface area (Å²) < 4.78 is 47.0. The van der Waals surface area contributed by atoms with Crippen molar-refractivity contribution in [3.8, 4) is 11.5 Å². The number of rotatable bonds is 10. The normalized spacial score (nSPS) is 12.0. The number of benzene rings is 3. The molecule has 0 aliphatic carbocycles. The number of sulfonamides is 1. The summed E-state index contributed by atoms with van der Waals surface area (Å²) >= 11 is 1.32. The van der Waals surface area contributed by atoms with Crippen LogP contribution in [0.1, 0.15) is 17.3 Å². The Hall–Kier alpha value is -3.67. The quantitative estimate of drug-likeness (QED) is 0.300. The maximum atomic E-state index is 13.1. The third-order valence-electron chi connectivity index (χ3n) is 5.49. The number of ether oxygens (including phenoxy) is 3. The summed E-state index contributed by atoms with van der Waals surface area (Å²) in [5.74, 6) is 0.814. The fourth-order valence-corrected chi connectivity index (χ4v) is 5.94. The van der Waals surface area contributed by atoms with Crippen molar-refractivity contribution in [1.82, 2.24) is 4.57 Å². The summed E-state index contributed by atoms with van der Waals surface area (Å²) in [6, 6.07) is 17.8. The van der Waals surface area contributed by atoms with Gasteiger partial charge in [-0.3, -0.25) is 9.52 Å². The number of methoxy groups -OCH3 is 2. The van der Waals surface area contributed by atoms with E-state index >= 15 is 0 Å². The van der Waals surface area contributed by atoms with E-state index in [0.717, 1.165) is 10.2 Å². The Morgan fingerprint density at radius 2 is 1.65 bits per heavy atom. The fourth-order valence-electron chi connectivity index (χ4n) is 3.69. The molecule has 0 aliphatic heterocycles. The van der Waals surface area contributed by atoms with Gasteiger partial charge in [-0.05, 0) is 55.5 Å². The smallest absolute Gasteiger partial charge is 0.279 e. The van der Waals surface area contributed by atoms with Gasteiger partial charge in [-0.25, -0.2) is 8.42 Å². The molecule has 0 saturated heterocycles. The van der Waals surface area contributed by atoms with E-state index in [1.54, 1.807) is 32.4 Å². The van der Waals surface area contributed by atoms with Gasteiger partial charge in [0.05, 0.1) is 25.7 Å². The minimum absolute atomic E-state index is 0.150. The standard InChI is InChI=1S/C26H27N3O6S2/c1-4-35-17-16-29-23-21(33-2)14-15-22(34-3)24(23)36-26(29)27-25(30)18-10-12-19(13-11-18)28-37(31,32)20-8-6-5-7-9-20/h5-15,28H,4,16-17H2,1-3H3. The van der Waals surface area contributed by atoms with Gasteiger partial charge in [0, 0.05) is 24.4 Å². The van der Waals surface area contributed by atoms with Crippen molar-refractivity contribution < 1.29 is 27.4 Å². The molecule has 0 atom stereocenters. The van der Waals surface area contributed by atoms with Gasteiger partial charge < -0.3 is 18.8 Å². The number of fused-ring (bicyclic) bond motifs is 1. The van der Waals surface area contributed by atoms with E-state index in [4.69, 9.17) is 14.2 Å². The molecule has 4 aromatic rings. The second-order valence-electron chi connectivity index (χ2n) is 7.79. The van der Waals surface area contributed by atoms with E-state index in [9.17, 15) is 13.2 Å². The van der Waals surface area contributed by atoms with Crippen LogP contribution < -0.4 is 19.0 Å². The molecule has 4 rings (SSSR count). The maximum absolute atomic E-state index is 13.1. The number of hydrogen-bond donors (Lipinski definition) is 1. The summed E-state index contributed by atoms with van der Waals surface area (Å²) in [5.41, 5.74) is 1.42. The average Bonchev–Trinajstić information content (AvgIpc) is 3.27. The summed E-state index contributed by atoms with van der Waals surface area (Å²) in [6.45, 7) is 3.37. The topological polar surface area (TPSA) is 108 Å². The highest BCUT2D eigenvalue weighted by molar-refractivity contribution is 7.92. The highest BCUT2D eigenvalue weighted by Gasteiger charge is 2.17. The zero-order chi connectivity index (χ0) is 26.4. The minimum Gasteiger partial charge on any atom is -0.495 e. The van der Waals surface area contributed by atoms with Crippen molar-refractivity contribution in [2.45, 2.75) is 18.4 Å². The molecular weight excluding hydrogens is 514 g/mol. The molecule has 1 heterocycles. The molecule has 194 valence electrons. The number of hydrogen-bond acceptors (Lipinski definition) is 7. The second-order valence-corrected chi connectivity index (χ2v) is 10.5. The van der Waals surface area contributed by atoms with E-state index in [2.05, 4.69) is 9.71 Å². The van der Waals surface area contributed by atoms with Crippen molar-refractivity contribution in [2.75, 3.05) is 32.2 Å². The van der Waals surface area contributed by atoms with Gasteiger partial charge in [-0.1, -0.05) is 29.5 Å². The predicted octanol–water partition coefficient (Wildman–Crippen LogP) is 4.30. The Labute approximate surface area is 219 Å². The van der Waals surface area contributed by atoms with E-state index in [1.807, 2.05) is 23.6 Å². The van der Waals surface area contributed by atoms with E-state index in [-0.39, 0.29) is 4.90 Å². The molecule has 0 radical (unpaired) electrons. The van der Waals surface area contributed by atoms with Crippen LogP contribution in [-0.2, 0) is 21.3 Å². The first kappa shape index (κ1) is 26.4. The first-order valence-electron chi connectivity index (χ1n) is 11.5. The Morgan fingerprint density at radius 3 is 2.30 bits per heavy atom. The highest BCUT2D eigenvalue weighted by atomic mass is 32.2. The van der Waals surface area contributed by atoms with Gasteiger partial charge in [-0.2, -0.15) is 4.99 Å². The molecule has 1 amide bonds. The van der Waals surface area contributed by atoms with Gasteiger partial charge in [0.15, 0.2) is 4.80 Å². The number of carbonyl (C=O) groups excluding carboxylic acids is 1. The zero-order valence-corrected chi connectivity index (χ0v) is 22.3. The Balaban J connectivity index is 1.67. The molecule has 9 nitrogen and oxygen atoms in total. The van der Waals surface area contributed by atoms with Crippen LogP contribution in [0, 0.1) is 0 Å². The molecule has 37 heavy (non-hydrogen) atoms. The third-order valence-corrected chi connectivity index (χ3v) is 7.98. The van der Waals surface area contributed by atoms with Gasteiger partial charge in [0.25, 0.3) is 15.9 Å². The van der Waals surface area contributed by atoms with Gasteiger partial charge in [0.1, 0.15) is 21.7 Å². The molecule has 11 heteroatoms. The largest absolute Gasteiger partial charge is 0.495 e. The lowest BCUT2D eigenvalue weighted by Gasteiger charge is -2.10. The number of nitrogens with one attached hydrogen (secondary N) is 1. The van der Waals surface area contributed by atoms with Crippen LogP contribution in [0.25, 0.3) is 10.2 Å². The lowest BCUT2D eigenvalue weighted by Crippen LogP contribution is -2.20. The summed E-state index contributed by atoms with van der Waals surface area (Å²) in [6.07, 6.45) is 0. The van der Waals surface area contributed by atoms with Crippen LogP contribution in [-0.4, -0.2) is 46.3 Å². The van der Waals surface area contributed by atoms with Crippen LogP contribution in [0.2, 0.25) is 0 Å². The van der Waals surface area contributed by atoms with Crippen LogP contribution in [0.5, 0.6) is 11.5 Å². The molecule has 0 aliphatic rings. The Morgan fingerprint density at radius 1 is 0.973 bits per heavy atom. The fraction of sp³-hybridized carbons (Fsp3) is 0.231. The minimum atomic E-state index is -3.74. The van der Waals surface area contributed by atoms with E-state index in [0.29, 0.717) is 47.3 Å². The van der Waals surface area contributed by atoms with Gasteiger partial charge >= 0.3 is 0 Å². The average molecular weight is 542 g/mol. The lowest BCUT2D eigenvalue weighted by molar-refractivity contribution is 0.0996. The van der Waals surface area contributed by atoms with Gasteiger partial charge in [0.2, 0.25) is 0 Å². The van der Waals surface area contributed by atoms with Crippen molar-refractivity contribution in [3.63, 3.8) is 0 Å². The van der Waals surface area contributed by atoms with E-state index < -0.39 is 15.9 Å². The first-order chi connectivity index (χ1) is 17.9. The van der Waals surface area contributed by atoms with Gasteiger partial charge in [-0.15, -0.1) is 0 Å². The number of carbonyl (C=O) groups is 1. The molecule has 0 saturated carbocycles. The molecule has 0 spiro atoms. The Bertz CT molecular complexity index is 1560. The molecule has 1 aromatic heterocycles. The van der Waals surface area contributed by atoms with Crippen molar-refractivity contribution in [3.05, 3.63) is 77.1 Å². The first-order valence-corrected chi connectivity index (χ1v) is 13.8. The van der Waals surface area contributed by atoms with Crippen molar-refractivity contribution in [2.24, 2.45) is 4.99 Å². The predicted molar refractivity (Wildman–Crippen MR) is 143 cm³/mol. The van der Waals surface area contributed by atoms with Crippen LogP contribution in [0.15, 0.2) is 76.6 Å². The molecule has 1 N–H and O–H groups in total. The maximum Gasteiger partial charge on any atom is 0.279 e. The number of thiazole rings is 1. The SMILES string of the molecule is CCOCCn1c(=NC(=O)c2ccc(NS(=O)(=O)c3ccccc3)cc2)sc2c(OC)ccc(OC)c21. The lowest BCUT2D eigenvalue weighted by atomic mass is 10.2. The van der Waals surface area contributed by atoms with Crippen molar-refractivity contribution in [1.29, 1.82) is 0 Å². The molecule has 0 unspecified atom stereocenters. The second kappa shape index (κ2) is 11.6. The number of nitrogens with zero attached hydrogens (tertiary/aromatic N) is 2. The number of anilines is 1. The Kier molecular flexibility index (Phi) is 8.27. The number of amides is 1. The van der Waals surface area contributed by atoms with Crippen LogP contribution in [0.3, 0.4) is 0 Å². The van der Waals surface area contributed by atoms with Crippen LogP contribution >= 0.6 is 11.3 Å². The summed E-state index contributed by atoms with van der Waals surface area (Å²) in [5, 5.41) is 0. The molecular formula is C26H27N3O6S2. The molecule has 3 aromatic carbocycles. The number of aromatic nitrogens is 1.